The molecular formula is C30H31Cl2N3O6S. The average molecular weight is 633 g/mol. The van der Waals surface area contributed by atoms with Crippen molar-refractivity contribution in [2.45, 2.75) is 37.7 Å². The van der Waals surface area contributed by atoms with E-state index in [-0.39, 0.29) is 13.2 Å². The predicted octanol–water partition coefficient (Wildman–Crippen LogP) is 5.69. The van der Waals surface area contributed by atoms with E-state index in [0.717, 1.165) is 27.7 Å². The average Bonchev–Trinajstić information content (AvgIpc) is 3.33. The second kappa shape index (κ2) is 12.5. The number of fused-ring (bicyclic) bond motifs is 3. The molecule has 1 aliphatic rings. The third-order valence-electron chi connectivity index (χ3n) is 7.12. The molecule has 42 heavy (non-hydrogen) atoms. The zero-order chi connectivity index (χ0) is 30.0. The number of aromatic amines is 1. The summed E-state index contributed by atoms with van der Waals surface area (Å²) in [6.45, 7) is 3.28. The number of halogens is 2. The van der Waals surface area contributed by atoms with E-state index in [0.29, 0.717) is 34.5 Å². The minimum absolute atomic E-state index is 0.101. The zero-order valence-electron chi connectivity index (χ0n) is 23.0. The van der Waals surface area contributed by atoms with E-state index in [1.54, 1.807) is 55.1 Å². The van der Waals surface area contributed by atoms with Gasteiger partial charge in [-0.15, -0.1) is 0 Å². The Bertz CT molecular complexity index is 1670. The molecule has 1 amide bonds. The summed E-state index contributed by atoms with van der Waals surface area (Å²) in [4.78, 5) is 18.6. The number of nitrogens with one attached hydrogen (secondary N) is 2. The summed E-state index contributed by atoms with van der Waals surface area (Å²) in [7, 11) is -3.49. The maximum Gasteiger partial charge on any atom is 0.416 e. The quantitative estimate of drug-likeness (QED) is 0.218. The van der Waals surface area contributed by atoms with Crippen LogP contribution in [0.1, 0.15) is 36.7 Å². The highest BCUT2D eigenvalue weighted by Crippen LogP contribution is 2.40. The van der Waals surface area contributed by atoms with Gasteiger partial charge in [0.25, 0.3) is 0 Å². The largest absolute Gasteiger partial charge is 0.491 e. The molecule has 1 aliphatic heterocycles. The number of amides is 1. The molecule has 5 rings (SSSR count). The van der Waals surface area contributed by atoms with Crippen LogP contribution in [0.15, 0.2) is 66.7 Å². The Morgan fingerprint density at radius 3 is 2.40 bits per heavy atom. The molecule has 4 aromatic rings. The molecule has 3 N–H and O–H groups in total. The summed E-state index contributed by atoms with van der Waals surface area (Å²) in [5.74, 6) is 0.870. The fraction of sp³-hybridized carbons (Fsp3) is 0.300. The number of aliphatic hydroxyl groups is 1. The van der Waals surface area contributed by atoms with Gasteiger partial charge in [0.1, 0.15) is 30.3 Å². The highest BCUT2D eigenvalue weighted by atomic mass is 35.5. The molecule has 0 saturated carbocycles. The number of carbonyl (C=O) groups excluding carboxylic acids is 1. The third kappa shape index (κ3) is 6.68. The maximum absolute atomic E-state index is 13.5. The second-order valence-corrected chi connectivity index (χ2v) is 13.5. The molecule has 0 fully saturated rings. The number of carbonyl (C=O) groups is 1. The van der Waals surface area contributed by atoms with Crippen molar-refractivity contribution in [1.82, 2.24) is 14.6 Å². The van der Waals surface area contributed by atoms with Gasteiger partial charge in [-0.25, -0.2) is 17.9 Å². The monoisotopic (exact) mass is 631 g/mol. The van der Waals surface area contributed by atoms with Crippen molar-refractivity contribution in [2.24, 2.45) is 0 Å². The number of benzene rings is 3. The van der Waals surface area contributed by atoms with Crippen molar-refractivity contribution in [3.05, 3.63) is 93.6 Å². The van der Waals surface area contributed by atoms with Crippen LogP contribution in [0.25, 0.3) is 10.9 Å². The fourth-order valence-corrected chi connectivity index (χ4v) is 5.90. The molecule has 0 saturated heterocycles. The van der Waals surface area contributed by atoms with Gasteiger partial charge in [-0.1, -0.05) is 35.3 Å². The van der Waals surface area contributed by atoms with Gasteiger partial charge in [0.15, 0.2) is 0 Å². The third-order valence-corrected chi connectivity index (χ3v) is 9.42. The Labute approximate surface area is 254 Å². The zero-order valence-corrected chi connectivity index (χ0v) is 25.3. The molecule has 3 aromatic carbocycles. The summed E-state index contributed by atoms with van der Waals surface area (Å²) in [5.41, 5.74) is 3.69. The van der Waals surface area contributed by atoms with Gasteiger partial charge in [-0.05, 0) is 86.0 Å². The molecule has 0 aliphatic carbocycles. The lowest BCUT2D eigenvalue weighted by Crippen LogP contribution is -2.42. The second-order valence-electron chi connectivity index (χ2n) is 10.4. The van der Waals surface area contributed by atoms with Crippen LogP contribution in [-0.2, 0) is 16.4 Å². The minimum Gasteiger partial charge on any atom is -0.491 e. The molecule has 0 bridgehead atoms. The molecule has 0 spiro atoms. The Balaban J connectivity index is 1.37. The number of sulfonamides is 1. The standard InChI is InChI=1S/C30H31Cl2N3O6S/c1-18(2)42(38,39)33-16-22(36)17-40-23-8-3-19(4-9-23)29-28-25(26-15-21(32)7-12-27(26)34-28)13-14-35(29)30(37)41-24-10-5-20(31)6-11-24/h3-12,15,18,22,29,33-34,36H,13-14,16-17H2,1-2H3. The fourth-order valence-electron chi connectivity index (χ4n) is 4.84. The number of aromatic nitrogens is 1. The maximum atomic E-state index is 13.5. The number of hydrogen-bond donors (Lipinski definition) is 3. The summed E-state index contributed by atoms with van der Waals surface area (Å²) in [6, 6.07) is 19.0. The smallest absolute Gasteiger partial charge is 0.416 e. The van der Waals surface area contributed by atoms with Gasteiger partial charge in [0, 0.05) is 39.7 Å². The number of H-pyrrole nitrogens is 1. The summed E-state index contributed by atoms with van der Waals surface area (Å²) in [6.07, 6.45) is -0.922. The first-order valence-corrected chi connectivity index (χ1v) is 15.8. The lowest BCUT2D eigenvalue weighted by Gasteiger charge is -2.35. The van der Waals surface area contributed by atoms with Crippen LogP contribution in [0, 0.1) is 0 Å². The van der Waals surface area contributed by atoms with E-state index >= 15 is 0 Å². The minimum atomic E-state index is -3.49. The van der Waals surface area contributed by atoms with Crippen LogP contribution in [-0.4, -0.2) is 60.6 Å². The van der Waals surface area contributed by atoms with Crippen LogP contribution in [0.4, 0.5) is 4.79 Å². The number of hydrogen-bond acceptors (Lipinski definition) is 6. The van der Waals surface area contributed by atoms with Crippen LogP contribution >= 0.6 is 23.2 Å². The van der Waals surface area contributed by atoms with Crippen molar-refractivity contribution < 1.29 is 27.8 Å². The van der Waals surface area contributed by atoms with Gasteiger partial charge in [-0.2, -0.15) is 0 Å². The molecule has 2 unspecified atom stereocenters. The van der Waals surface area contributed by atoms with E-state index < -0.39 is 33.5 Å². The Morgan fingerprint density at radius 2 is 1.71 bits per heavy atom. The molecule has 2 atom stereocenters. The van der Waals surface area contributed by atoms with Gasteiger partial charge < -0.3 is 19.6 Å². The van der Waals surface area contributed by atoms with E-state index in [1.165, 1.54) is 0 Å². The number of aliphatic hydroxyl groups excluding tert-OH is 1. The normalized spacial score (nSPS) is 16.0. The van der Waals surface area contributed by atoms with Crippen LogP contribution < -0.4 is 14.2 Å². The van der Waals surface area contributed by atoms with Gasteiger partial charge in [-0.3, -0.25) is 4.90 Å². The Kier molecular flexibility index (Phi) is 9.00. The Morgan fingerprint density at radius 1 is 1.05 bits per heavy atom. The summed E-state index contributed by atoms with van der Waals surface area (Å²) < 4.78 is 37.7. The molecule has 12 heteroatoms. The number of rotatable bonds is 9. The van der Waals surface area contributed by atoms with Crippen molar-refractivity contribution in [2.75, 3.05) is 19.7 Å². The van der Waals surface area contributed by atoms with Crippen molar-refractivity contribution in [3.63, 3.8) is 0 Å². The van der Waals surface area contributed by atoms with Crippen molar-refractivity contribution in [3.8, 4) is 11.5 Å². The van der Waals surface area contributed by atoms with Gasteiger partial charge in [0.05, 0.1) is 5.25 Å². The van der Waals surface area contributed by atoms with Crippen molar-refractivity contribution in [1.29, 1.82) is 0 Å². The van der Waals surface area contributed by atoms with E-state index in [9.17, 15) is 18.3 Å². The molecule has 0 radical (unpaired) electrons. The molecule has 222 valence electrons. The first-order valence-electron chi connectivity index (χ1n) is 13.4. The lowest BCUT2D eigenvalue weighted by atomic mass is 9.92. The van der Waals surface area contributed by atoms with E-state index in [2.05, 4.69) is 9.71 Å². The first kappa shape index (κ1) is 30.2. The van der Waals surface area contributed by atoms with E-state index in [4.69, 9.17) is 32.7 Å². The first-order chi connectivity index (χ1) is 20.0. The van der Waals surface area contributed by atoms with Crippen LogP contribution in [0.2, 0.25) is 10.0 Å². The highest BCUT2D eigenvalue weighted by Gasteiger charge is 2.36. The highest BCUT2D eigenvalue weighted by molar-refractivity contribution is 7.90. The number of ether oxygens (including phenoxy) is 2. The molecule has 9 nitrogen and oxygen atoms in total. The Hall–Kier alpha value is -3.28. The van der Waals surface area contributed by atoms with Crippen LogP contribution in [0.3, 0.4) is 0 Å². The van der Waals surface area contributed by atoms with Gasteiger partial charge in [0.2, 0.25) is 10.0 Å². The van der Waals surface area contributed by atoms with Crippen molar-refractivity contribution >= 4 is 50.2 Å². The number of nitrogens with zero attached hydrogens (tertiary/aromatic N) is 1. The topological polar surface area (TPSA) is 121 Å². The summed E-state index contributed by atoms with van der Waals surface area (Å²) >= 11 is 12.3. The molecule has 2 heterocycles. The molecular weight excluding hydrogens is 601 g/mol. The predicted molar refractivity (Wildman–Crippen MR) is 163 cm³/mol. The van der Waals surface area contributed by atoms with Gasteiger partial charge >= 0.3 is 6.09 Å². The molecule has 1 aromatic heterocycles. The van der Waals surface area contributed by atoms with Crippen LogP contribution in [0.5, 0.6) is 11.5 Å². The SMILES string of the molecule is CC(C)S(=O)(=O)NCC(O)COc1ccc(C2c3[nH]c4ccc(Cl)cc4c3CCN2C(=O)Oc2ccc(Cl)cc2)cc1. The lowest BCUT2D eigenvalue weighted by molar-refractivity contribution is 0.111. The van der Waals surface area contributed by atoms with E-state index in [1.807, 2.05) is 30.3 Å². The summed E-state index contributed by atoms with van der Waals surface area (Å²) in [5, 5.41) is 11.8.